The van der Waals surface area contributed by atoms with E-state index in [0.29, 0.717) is 23.7 Å². The van der Waals surface area contributed by atoms with E-state index < -0.39 is 0 Å². The molecule has 3 rings (SSSR count). The van der Waals surface area contributed by atoms with E-state index >= 15 is 0 Å². The Kier molecular flexibility index (Phi) is 2.29. The molecule has 1 saturated carbocycles. The molecule has 0 aromatic carbocycles. The average molecular weight is 217 g/mol. The third-order valence-electron chi connectivity index (χ3n) is 5.26. The second-order valence-electron chi connectivity index (χ2n) is 6.34. The van der Waals surface area contributed by atoms with E-state index in [9.17, 15) is 0 Å². The molecule has 0 spiro atoms. The Balaban J connectivity index is 1.99. The molecule has 0 amide bonds. The molecule has 0 aromatic heterocycles. The van der Waals surface area contributed by atoms with Crippen LogP contribution >= 0.6 is 0 Å². The van der Waals surface area contributed by atoms with Gasteiger partial charge in [-0.15, -0.1) is 0 Å². The van der Waals surface area contributed by atoms with Crippen molar-refractivity contribution in [2.75, 3.05) is 0 Å². The Labute approximate surface area is 98.8 Å². The van der Waals surface area contributed by atoms with Gasteiger partial charge in [0, 0.05) is 5.54 Å². The fourth-order valence-corrected chi connectivity index (χ4v) is 4.41. The predicted octanol–water partition coefficient (Wildman–Crippen LogP) is 3.13. The monoisotopic (exact) mass is 217 g/mol. The van der Waals surface area contributed by atoms with Crippen LogP contribution in [0, 0.1) is 29.6 Å². The van der Waals surface area contributed by atoms with E-state index in [1.54, 1.807) is 0 Å². The van der Waals surface area contributed by atoms with Crippen LogP contribution in [0.5, 0.6) is 0 Å². The van der Waals surface area contributed by atoms with Gasteiger partial charge in [0.1, 0.15) is 0 Å². The summed E-state index contributed by atoms with van der Waals surface area (Å²) in [6.45, 7) is 4.63. The predicted molar refractivity (Wildman–Crippen MR) is 67.8 cm³/mol. The van der Waals surface area contributed by atoms with Gasteiger partial charge in [-0.05, 0) is 55.8 Å². The summed E-state index contributed by atoms with van der Waals surface area (Å²) in [6, 6.07) is 0. The van der Waals surface area contributed by atoms with Crippen LogP contribution < -0.4 is 5.73 Å². The largest absolute Gasteiger partial charge is 0.325 e. The molecule has 2 N–H and O–H groups in total. The lowest BCUT2D eigenvalue weighted by molar-refractivity contribution is 0.217. The van der Waals surface area contributed by atoms with Crippen LogP contribution in [0.1, 0.15) is 33.1 Å². The zero-order chi connectivity index (χ0) is 11.3. The van der Waals surface area contributed by atoms with Gasteiger partial charge in [0.25, 0.3) is 0 Å². The van der Waals surface area contributed by atoms with Gasteiger partial charge >= 0.3 is 0 Å². The molecule has 1 fully saturated rings. The average Bonchev–Trinajstić information content (AvgIpc) is 2.49. The Morgan fingerprint density at radius 2 is 1.88 bits per heavy atom. The molecule has 0 bridgehead atoms. The molecular weight excluding hydrogens is 194 g/mol. The summed E-state index contributed by atoms with van der Waals surface area (Å²) in [5.74, 6) is 3.56. The minimum atomic E-state index is 0.0547. The van der Waals surface area contributed by atoms with E-state index in [1.165, 1.54) is 19.3 Å². The highest BCUT2D eigenvalue weighted by molar-refractivity contribution is 5.21. The second-order valence-corrected chi connectivity index (χ2v) is 6.34. The van der Waals surface area contributed by atoms with E-state index in [-0.39, 0.29) is 5.54 Å². The van der Waals surface area contributed by atoms with Crippen LogP contribution in [0.3, 0.4) is 0 Å². The normalized spacial score (nSPS) is 54.8. The molecule has 88 valence electrons. The summed E-state index contributed by atoms with van der Waals surface area (Å²) >= 11 is 0. The SMILES string of the molecule is C[C@@H]1C=C[C@H]2C(C1)[C@](C)(N)C1CCC=C[C@H]12. The maximum atomic E-state index is 6.68. The minimum absolute atomic E-state index is 0.0547. The van der Waals surface area contributed by atoms with Crippen LogP contribution in [0.25, 0.3) is 0 Å². The molecule has 2 unspecified atom stereocenters. The Hall–Kier alpha value is -0.560. The summed E-state index contributed by atoms with van der Waals surface area (Å²) in [5.41, 5.74) is 6.74. The first kappa shape index (κ1) is 10.6. The second kappa shape index (κ2) is 3.46. The minimum Gasteiger partial charge on any atom is -0.325 e. The summed E-state index contributed by atoms with van der Waals surface area (Å²) in [5, 5.41) is 0. The smallest absolute Gasteiger partial charge is 0.0194 e. The van der Waals surface area contributed by atoms with Crippen molar-refractivity contribution in [3.8, 4) is 0 Å². The molecule has 6 atom stereocenters. The van der Waals surface area contributed by atoms with Gasteiger partial charge < -0.3 is 5.73 Å². The Morgan fingerprint density at radius 1 is 1.12 bits per heavy atom. The van der Waals surface area contributed by atoms with E-state index in [0.717, 1.165) is 5.92 Å². The van der Waals surface area contributed by atoms with Crippen molar-refractivity contribution in [2.24, 2.45) is 35.3 Å². The van der Waals surface area contributed by atoms with Gasteiger partial charge in [0.15, 0.2) is 0 Å². The Bertz CT molecular complexity index is 339. The maximum Gasteiger partial charge on any atom is 0.0194 e. The Morgan fingerprint density at radius 3 is 2.69 bits per heavy atom. The zero-order valence-corrected chi connectivity index (χ0v) is 10.4. The van der Waals surface area contributed by atoms with Crippen LogP contribution in [0.2, 0.25) is 0 Å². The summed E-state index contributed by atoms with van der Waals surface area (Å²) < 4.78 is 0. The molecule has 0 saturated heterocycles. The first-order valence-electron chi connectivity index (χ1n) is 6.74. The molecule has 0 heterocycles. The van der Waals surface area contributed by atoms with Crippen LogP contribution in [0.15, 0.2) is 24.3 Å². The first-order valence-corrected chi connectivity index (χ1v) is 6.74. The van der Waals surface area contributed by atoms with Crippen LogP contribution in [-0.4, -0.2) is 5.54 Å². The van der Waals surface area contributed by atoms with Crippen molar-refractivity contribution in [1.29, 1.82) is 0 Å². The lowest BCUT2D eigenvalue weighted by Gasteiger charge is -2.36. The highest BCUT2D eigenvalue weighted by atomic mass is 14.8. The van der Waals surface area contributed by atoms with E-state index in [1.807, 2.05) is 0 Å². The number of fused-ring (bicyclic) bond motifs is 3. The van der Waals surface area contributed by atoms with Gasteiger partial charge in [-0.1, -0.05) is 31.2 Å². The van der Waals surface area contributed by atoms with Crippen molar-refractivity contribution in [3.05, 3.63) is 24.3 Å². The van der Waals surface area contributed by atoms with Gasteiger partial charge in [-0.25, -0.2) is 0 Å². The molecule has 3 aliphatic carbocycles. The molecule has 0 aromatic rings. The third-order valence-corrected chi connectivity index (χ3v) is 5.26. The summed E-state index contributed by atoms with van der Waals surface area (Å²) in [6.07, 6.45) is 13.5. The van der Waals surface area contributed by atoms with Crippen molar-refractivity contribution in [1.82, 2.24) is 0 Å². The van der Waals surface area contributed by atoms with Gasteiger partial charge in [0.2, 0.25) is 0 Å². The fraction of sp³-hybridized carbons (Fsp3) is 0.733. The summed E-state index contributed by atoms with van der Waals surface area (Å²) in [7, 11) is 0. The van der Waals surface area contributed by atoms with Crippen molar-refractivity contribution >= 4 is 0 Å². The van der Waals surface area contributed by atoms with E-state index in [2.05, 4.69) is 38.2 Å². The van der Waals surface area contributed by atoms with Crippen molar-refractivity contribution in [3.63, 3.8) is 0 Å². The highest BCUT2D eigenvalue weighted by Crippen LogP contribution is 2.55. The number of rotatable bonds is 0. The number of hydrogen-bond acceptors (Lipinski definition) is 1. The molecular formula is C15H23N. The fourth-order valence-electron chi connectivity index (χ4n) is 4.41. The van der Waals surface area contributed by atoms with Crippen LogP contribution in [-0.2, 0) is 0 Å². The third kappa shape index (κ3) is 1.34. The first-order chi connectivity index (χ1) is 7.60. The van der Waals surface area contributed by atoms with E-state index in [4.69, 9.17) is 5.73 Å². The number of hydrogen-bond donors (Lipinski definition) is 1. The molecule has 1 heteroatoms. The summed E-state index contributed by atoms with van der Waals surface area (Å²) in [4.78, 5) is 0. The lowest BCUT2D eigenvalue weighted by atomic mass is 9.73. The van der Waals surface area contributed by atoms with Crippen molar-refractivity contribution in [2.45, 2.75) is 38.6 Å². The molecule has 0 aliphatic heterocycles. The lowest BCUT2D eigenvalue weighted by Crippen LogP contribution is -2.48. The maximum absolute atomic E-state index is 6.68. The number of nitrogens with two attached hydrogens (primary N) is 1. The van der Waals surface area contributed by atoms with Crippen molar-refractivity contribution < 1.29 is 0 Å². The number of allylic oxidation sites excluding steroid dienone is 4. The molecule has 1 nitrogen and oxygen atoms in total. The van der Waals surface area contributed by atoms with Crippen LogP contribution in [0.4, 0.5) is 0 Å². The topological polar surface area (TPSA) is 26.0 Å². The van der Waals surface area contributed by atoms with Gasteiger partial charge in [-0.3, -0.25) is 0 Å². The highest BCUT2D eigenvalue weighted by Gasteiger charge is 2.54. The standard InChI is InChI=1S/C15H23N/c1-10-7-8-12-11-5-3-4-6-13(11)15(2,16)14(12)9-10/h3,5,7-8,10-14H,4,6,9,16H2,1-2H3/t10-,11+,12-,13?,14?,15-/m1/s1. The van der Waals surface area contributed by atoms with Gasteiger partial charge in [-0.2, -0.15) is 0 Å². The van der Waals surface area contributed by atoms with Gasteiger partial charge in [0.05, 0.1) is 0 Å². The quantitative estimate of drug-likeness (QED) is 0.620. The molecule has 16 heavy (non-hydrogen) atoms. The zero-order valence-electron chi connectivity index (χ0n) is 10.4. The molecule has 0 radical (unpaired) electrons. The molecule has 3 aliphatic rings.